The fourth-order valence-corrected chi connectivity index (χ4v) is 3.51. The highest BCUT2D eigenvalue weighted by Gasteiger charge is 2.73. The van der Waals surface area contributed by atoms with Gasteiger partial charge < -0.3 is 12.9 Å². The van der Waals surface area contributed by atoms with E-state index in [-0.39, 0.29) is 5.41 Å². The van der Waals surface area contributed by atoms with E-state index in [0.29, 0.717) is 25.2 Å². The average molecular weight is 191 g/mol. The van der Waals surface area contributed by atoms with Crippen molar-refractivity contribution in [1.29, 1.82) is 0 Å². The van der Waals surface area contributed by atoms with Gasteiger partial charge in [-0.3, -0.25) is 0 Å². The lowest BCUT2D eigenvalue weighted by Gasteiger charge is -2.76. The van der Waals surface area contributed by atoms with Crippen LogP contribution in [0, 0.1) is 11.3 Å². The lowest BCUT2D eigenvalue weighted by Crippen LogP contribution is -2.65. The first-order valence-corrected chi connectivity index (χ1v) is 4.98. The van der Waals surface area contributed by atoms with Crippen LogP contribution in [0.4, 0.5) is 12.9 Å². The van der Waals surface area contributed by atoms with Gasteiger partial charge in [0.2, 0.25) is 0 Å². The summed E-state index contributed by atoms with van der Waals surface area (Å²) >= 11 is 0. The fourth-order valence-electron chi connectivity index (χ4n) is 3.51. The predicted octanol–water partition coefficient (Wildman–Crippen LogP) is 3.80. The molecule has 0 saturated heterocycles. The van der Waals surface area contributed by atoms with E-state index in [2.05, 4.69) is 13.8 Å². The first-order valence-electron chi connectivity index (χ1n) is 4.98. The Morgan fingerprint density at radius 3 is 1.92 bits per heavy atom. The smallest absolute Gasteiger partial charge is 0.449 e. The highest BCUT2D eigenvalue weighted by Crippen LogP contribution is 2.84. The van der Waals surface area contributed by atoms with Crippen molar-refractivity contribution in [1.82, 2.24) is 0 Å². The molecule has 2 bridgehead atoms. The summed E-state index contributed by atoms with van der Waals surface area (Å²) in [6.45, 7) is -0.387. The zero-order valence-corrected chi connectivity index (χ0v) is 8.12. The summed E-state index contributed by atoms with van der Waals surface area (Å²) in [6.07, 6.45) is 2.28. The first-order chi connectivity index (χ1) is 5.79. The number of halogens is 3. The molecule has 0 unspecified atom stereocenters. The van der Waals surface area contributed by atoms with Gasteiger partial charge >= 0.3 is 6.98 Å². The molecule has 4 heteroatoms. The Morgan fingerprint density at radius 1 is 1.15 bits per heavy atom. The Morgan fingerprint density at radius 2 is 1.62 bits per heavy atom. The predicted molar refractivity (Wildman–Crippen MR) is 47.5 cm³/mol. The molecule has 0 atom stereocenters. The molecule has 0 heterocycles. The van der Waals surface area contributed by atoms with Crippen LogP contribution < -0.4 is 0 Å². The second-order valence-corrected chi connectivity index (χ2v) is 5.57. The molecule has 3 saturated carbocycles. The van der Waals surface area contributed by atoms with Crippen molar-refractivity contribution in [2.24, 2.45) is 11.3 Å². The van der Waals surface area contributed by atoms with E-state index in [1.165, 1.54) is 0 Å². The lowest BCUT2D eigenvalue weighted by molar-refractivity contribution is -0.125. The zero-order chi connectivity index (χ0) is 9.91. The molecule has 76 valence electrons. The summed E-state index contributed by atoms with van der Waals surface area (Å²) in [6, 6.07) is 0. The molecule has 0 amide bonds. The van der Waals surface area contributed by atoms with Crippen LogP contribution in [0.1, 0.15) is 39.5 Å². The van der Waals surface area contributed by atoms with Crippen molar-refractivity contribution >= 4 is 6.98 Å². The fraction of sp³-hybridized carbons (Fsp3) is 1.00. The third-order valence-electron chi connectivity index (χ3n) is 3.72. The second kappa shape index (κ2) is 2.26. The van der Waals surface area contributed by atoms with Gasteiger partial charge in [0.1, 0.15) is 0 Å². The monoisotopic (exact) mass is 191 g/mol. The van der Waals surface area contributed by atoms with Crippen LogP contribution >= 0.6 is 0 Å². The Bertz CT molecular complexity index is 212. The summed E-state index contributed by atoms with van der Waals surface area (Å²) in [5, 5.41) is -1.19. The highest BCUT2D eigenvalue weighted by molar-refractivity contribution is 6.63. The van der Waals surface area contributed by atoms with Gasteiger partial charge in [-0.05, 0) is 17.8 Å². The topological polar surface area (TPSA) is 0 Å². The molecule has 3 aliphatic carbocycles. The molecule has 3 fully saturated rings. The van der Waals surface area contributed by atoms with Crippen molar-refractivity contribution in [2.75, 3.05) is 0 Å². The molecule has 0 N–H and O–H groups in total. The molecule has 0 spiro atoms. The van der Waals surface area contributed by atoms with Gasteiger partial charge in [-0.15, -0.1) is 0 Å². The van der Waals surface area contributed by atoms with Crippen LogP contribution in [-0.4, -0.2) is 6.98 Å². The minimum absolute atomic E-state index is 0.103. The Balaban J connectivity index is 1.93. The number of hydrogen-bond donors (Lipinski definition) is 0. The Hall–Kier alpha value is -0.145. The summed E-state index contributed by atoms with van der Waals surface area (Å²) in [7, 11) is 0. The Kier molecular flexibility index (Phi) is 1.64. The molecule has 0 aromatic carbocycles. The second-order valence-electron chi connectivity index (χ2n) is 5.57. The normalized spacial score (nSPS) is 42.9. The molecule has 3 rings (SSSR count). The molecular weight excluding hydrogens is 176 g/mol. The van der Waals surface area contributed by atoms with E-state index >= 15 is 0 Å². The third-order valence-corrected chi connectivity index (χ3v) is 3.72. The van der Waals surface area contributed by atoms with E-state index < -0.39 is 12.3 Å². The molecule has 0 radical (unpaired) electrons. The van der Waals surface area contributed by atoms with E-state index in [1.54, 1.807) is 0 Å². The summed E-state index contributed by atoms with van der Waals surface area (Å²) < 4.78 is 37.5. The first kappa shape index (κ1) is 9.41. The maximum Gasteiger partial charge on any atom is 0.484 e. The van der Waals surface area contributed by atoms with Gasteiger partial charge in [0, 0.05) is 0 Å². The maximum absolute atomic E-state index is 12.5. The largest absolute Gasteiger partial charge is 0.484 e. The van der Waals surface area contributed by atoms with Gasteiger partial charge in [0.15, 0.2) is 0 Å². The molecule has 3 aliphatic rings. The van der Waals surface area contributed by atoms with Gasteiger partial charge in [-0.25, -0.2) is 0 Å². The standard InChI is InChI=1S/C9H15BF3/c1-7(2)3-8-4-9(5-8,6-8)10(11,12)13/h7H,3-6H2,1-2H3/q-1. The third kappa shape index (κ3) is 1.13. The van der Waals surface area contributed by atoms with E-state index in [4.69, 9.17) is 0 Å². The van der Waals surface area contributed by atoms with Crippen LogP contribution in [0.15, 0.2) is 0 Å². The molecule has 0 nitrogen and oxygen atoms in total. The van der Waals surface area contributed by atoms with Crippen LogP contribution in [0.2, 0.25) is 5.31 Å². The van der Waals surface area contributed by atoms with Crippen LogP contribution in [0.5, 0.6) is 0 Å². The molecule has 0 aliphatic heterocycles. The van der Waals surface area contributed by atoms with E-state index in [9.17, 15) is 12.9 Å². The van der Waals surface area contributed by atoms with Crippen molar-refractivity contribution < 1.29 is 12.9 Å². The summed E-state index contributed by atoms with van der Waals surface area (Å²) in [4.78, 5) is 0. The Labute approximate surface area is 76.9 Å². The minimum Gasteiger partial charge on any atom is -0.449 e. The lowest BCUT2D eigenvalue weighted by atomic mass is 9.23. The van der Waals surface area contributed by atoms with Gasteiger partial charge in [-0.1, -0.05) is 38.4 Å². The number of hydrogen-bond acceptors (Lipinski definition) is 0. The van der Waals surface area contributed by atoms with Crippen molar-refractivity contribution in [3.05, 3.63) is 0 Å². The van der Waals surface area contributed by atoms with Gasteiger partial charge in [0.25, 0.3) is 0 Å². The van der Waals surface area contributed by atoms with Crippen LogP contribution in [-0.2, 0) is 0 Å². The van der Waals surface area contributed by atoms with Crippen LogP contribution in [0.25, 0.3) is 0 Å². The summed E-state index contributed by atoms with van der Waals surface area (Å²) in [5.74, 6) is 0.541. The van der Waals surface area contributed by atoms with Gasteiger partial charge in [0.05, 0.1) is 0 Å². The quantitative estimate of drug-likeness (QED) is 0.595. The molecule has 0 aromatic rings. The molecule has 0 aromatic heterocycles. The average Bonchev–Trinajstić information content (AvgIpc) is 1.70. The van der Waals surface area contributed by atoms with E-state index in [1.807, 2.05) is 0 Å². The maximum atomic E-state index is 12.5. The van der Waals surface area contributed by atoms with Crippen LogP contribution in [0.3, 0.4) is 0 Å². The zero-order valence-electron chi connectivity index (χ0n) is 8.12. The highest BCUT2D eigenvalue weighted by atomic mass is 19.4. The van der Waals surface area contributed by atoms with Crippen molar-refractivity contribution in [3.8, 4) is 0 Å². The molecular formula is C9H15BF3-. The van der Waals surface area contributed by atoms with E-state index in [0.717, 1.165) is 6.42 Å². The van der Waals surface area contributed by atoms with Gasteiger partial charge in [-0.2, -0.15) is 0 Å². The van der Waals surface area contributed by atoms with Crippen molar-refractivity contribution in [3.63, 3.8) is 0 Å². The SMILES string of the molecule is CC(C)CC12CC([B-](F)(F)F)(C1)C2. The minimum atomic E-state index is -4.56. The molecule has 13 heavy (non-hydrogen) atoms. The summed E-state index contributed by atoms with van der Waals surface area (Å²) in [5.41, 5.74) is 0.103. The van der Waals surface area contributed by atoms with Crippen molar-refractivity contribution in [2.45, 2.75) is 44.8 Å². The number of rotatable bonds is 3.